The SMILES string of the molecule is Cc1cc2c(cnn2-c2ccc(F)cc2)cc1C1CN(S(=O)(=O)c2cnn(C)c2C)CCN1CCC(F)(F)F. The first kappa shape index (κ1) is 27.3. The van der Waals surface area contributed by atoms with E-state index >= 15 is 0 Å². The number of halogens is 4. The average molecular weight is 565 g/mol. The van der Waals surface area contributed by atoms with Crippen LogP contribution in [0.1, 0.15) is 29.3 Å². The van der Waals surface area contributed by atoms with Gasteiger partial charge >= 0.3 is 6.18 Å². The fourth-order valence-corrected chi connectivity index (χ4v) is 6.68. The first-order chi connectivity index (χ1) is 18.3. The van der Waals surface area contributed by atoms with Crippen molar-refractivity contribution in [1.82, 2.24) is 28.8 Å². The summed E-state index contributed by atoms with van der Waals surface area (Å²) in [5.41, 5.74) is 3.40. The molecule has 0 N–H and O–H groups in total. The number of nitrogens with zero attached hydrogens (tertiary/aromatic N) is 6. The van der Waals surface area contributed by atoms with E-state index in [1.165, 1.54) is 27.3 Å². The smallest absolute Gasteiger partial charge is 0.293 e. The standard InChI is InChI=1S/C26H28F4N6O2S/c1-17-12-23-19(14-32-36(23)21-6-4-20(27)5-7-21)13-22(17)24-16-35(11-10-34(24)9-8-26(28,29)30)39(37,38)25-15-31-33(3)18(25)2/h4-7,12-15,24H,8-11,16H2,1-3H3. The molecule has 0 radical (unpaired) electrons. The lowest BCUT2D eigenvalue weighted by Crippen LogP contribution is -2.51. The van der Waals surface area contributed by atoms with Gasteiger partial charge in [-0.25, -0.2) is 17.5 Å². The van der Waals surface area contributed by atoms with Crippen LogP contribution in [0.4, 0.5) is 17.6 Å². The van der Waals surface area contributed by atoms with Crippen LogP contribution < -0.4 is 0 Å². The van der Waals surface area contributed by atoms with Crippen molar-refractivity contribution in [3.05, 3.63) is 71.4 Å². The number of fused-ring (bicyclic) bond motifs is 1. The highest BCUT2D eigenvalue weighted by Gasteiger charge is 2.38. The van der Waals surface area contributed by atoms with Crippen LogP contribution in [-0.4, -0.2) is 69.5 Å². The molecule has 0 saturated carbocycles. The van der Waals surface area contributed by atoms with Crippen LogP contribution in [0.2, 0.25) is 0 Å². The molecular formula is C26H28F4N6O2S. The molecule has 5 rings (SSSR count). The normalized spacial score (nSPS) is 17.8. The van der Waals surface area contributed by atoms with Crippen LogP contribution in [0, 0.1) is 19.7 Å². The number of aryl methyl sites for hydroxylation is 2. The maximum Gasteiger partial charge on any atom is 0.390 e. The Balaban J connectivity index is 1.53. The molecule has 1 unspecified atom stereocenters. The zero-order valence-corrected chi connectivity index (χ0v) is 22.5. The van der Waals surface area contributed by atoms with Crippen molar-refractivity contribution in [1.29, 1.82) is 0 Å². The second-order valence-electron chi connectivity index (χ2n) is 9.80. The molecule has 0 spiro atoms. The van der Waals surface area contributed by atoms with E-state index in [4.69, 9.17) is 0 Å². The first-order valence-corrected chi connectivity index (χ1v) is 13.8. The summed E-state index contributed by atoms with van der Waals surface area (Å²) < 4.78 is 84.5. The molecule has 2 aromatic heterocycles. The molecule has 39 heavy (non-hydrogen) atoms. The largest absolute Gasteiger partial charge is 0.390 e. The lowest BCUT2D eigenvalue weighted by Gasteiger charge is -2.41. The number of alkyl halides is 3. The topological polar surface area (TPSA) is 76.3 Å². The van der Waals surface area contributed by atoms with Crippen molar-refractivity contribution < 1.29 is 26.0 Å². The molecule has 208 valence electrons. The van der Waals surface area contributed by atoms with E-state index in [0.717, 1.165) is 22.0 Å². The summed E-state index contributed by atoms with van der Waals surface area (Å²) in [4.78, 5) is 1.79. The Morgan fingerprint density at radius 1 is 1.03 bits per heavy atom. The molecule has 1 fully saturated rings. The number of sulfonamides is 1. The highest BCUT2D eigenvalue weighted by molar-refractivity contribution is 7.89. The first-order valence-electron chi connectivity index (χ1n) is 12.4. The third-order valence-electron chi connectivity index (χ3n) is 7.33. The molecule has 1 aliphatic heterocycles. The van der Waals surface area contributed by atoms with E-state index in [1.54, 1.807) is 41.9 Å². The van der Waals surface area contributed by atoms with Crippen molar-refractivity contribution in [3.8, 4) is 5.69 Å². The molecule has 0 amide bonds. The Morgan fingerprint density at radius 2 is 1.74 bits per heavy atom. The predicted octanol–water partition coefficient (Wildman–Crippen LogP) is 4.51. The van der Waals surface area contributed by atoms with E-state index in [9.17, 15) is 26.0 Å². The van der Waals surface area contributed by atoms with Gasteiger partial charge in [0, 0.05) is 44.7 Å². The lowest BCUT2D eigenvalue weighted by molar-refractivity contribution is -0.140. The van der Waals surface area contributed by atoms with Gasteiger partial charge in [-0.15, -0.1) is 0 Å². The van der Waals surface area contributed by atoms with Crippen LogP contribution in [-0.2, 0) is 17.1 Å². The van der Waals surface area contributed by atoms with Gasteiger partial charge in [0.05, 0.1) is 35.7 Å². The number of benzene rings is 2. The number of piperazine rings is 1. The van der Waals surface area contributed by atoms with Crippen LogP contribution >= 0.6 is 0 Å². The number of rotatable bonds is 6. The molecule has 8 nitrogen and oxygen atoms in total. The Kier molecular flexibility index (Phi) is 7.02. The molecule has 2 aromatic carbocycles. The highest BCUT2D eigenvalue weighted by Crippen LogP contribution is 2.35. The monoisotopic (exact) mass is 564 g/mol. The molecule has 1 atom stereocenters. The second kappa shape index (κ2) is 10.0. The fraction of sp³-hybridized carbons (Fsp3) is 0.385. The Morgan fingerprint density at radius 3 is 2.38 bits per heavy atom. The Bertz CT molecular complexity index is 1610. The molecule has 1 aliphatic rings. The van der Waals surface area contributed by atoms with Gasteiger partial charge in [-0.2, -0.15) is 27.7 Å². The van der Waals surface area contributed by atoms with Crippen LogP contribution in [0.15, 0.2) is 53.7 Å². The summed E-state index contributed by atoms with van der Waals surface area (Å²) in [6, 6.07) is 9.01. The molecule has 0 aliphatic carbocycles. The summed E-state index contributed by atoms with van der Waals surface area (Å²) in [6.07, 6.45) is -2.40. The fourth-order valence-electron chi connectivity index (χ4n) is 5.06. The van der Waals surface area contributed by atoms with Crippen molar-refractivity contribution in [2.45, 2.75) is 37.4 Å². The average Bonchev–Trinajstić information content (AvgIpc) is 3.44. The summed E-state index contributed by atoms with van der Waals surface area (Å²) in [5, 5.41) is 9.22. The zero-order chi connectivity index (χ0) is 28.1. The van der Waals surface area contributed by atoms with Gasteiger partial charge in [0.1, 0.15) is 10.7 Å². The van der Waals surface area contributed by atoms with Gasteiger partial charge in [-0.3, -0.25) is 9.58 Å². The quantitative estimate of drug-likeness (QED) is 0.322. The molecule has 13 heteroatoms. The van der Waals surface area contributed by atoms with Gasteiger partial charge < -0.3 is 0 Å². The predicted molar refractivity (Wildman–Crippen MR) is 137 cm³/mol. The van der Waals surface area contributed by atoms with E-state index in [1.807, 2.05) is 19.1 Å². The summed E-state index contributed by atoms with van der Waals surface area (Å²) >= 11 is 0. The Labute approximate surface area is 223 Å². The highest BCUT2D eigenvalue weighted by atomic mass is 32.2. The number of hydrogen-bond acceptors (Lipinski definition) is 5. The van der Waals surface area contributed by atoms with Crippen LogP contribution in [0.25, 0.3) is 16.6 Å². The molecule has 1 saturated heterocycles. The molecular weight excluding hydrogens is 536 g/mol. The van der Waals surface area contributed by atoms with Gasteiger partial charge in [0.2, 0.25) is 10.0 Å². The molecule has 3 heterocycles. The number of hydrogen-bond donors (Lipinski definition) is 0. The minimum absolute atomic E-state index is 0.00697. The lowest BCUT2D eigenvalue weighted by atomic mass is 9.96. The summed E-state index contributed by atoms with van der Waals surface area (Å²) in [6.45, 7) is 3.46. The van der Waals surface area contributed by atoms with Gasteiger partial charge in [0.15, 0.2) is 0 Å². The van der Waals surface area contributed by atoms with E-state index in [0.29, 0.717) is 11.4 Å². The molecule has 0 bridgehead atoms. The minimum Gasteiger partial charge on any atom is -0.293 e. The van der Waals surface area contributed by atoms with Crippen molar-refractivity contribution >= 4 is 20.9 Å². The van der Waals surface area contributed by atoms with Crippen molar-refractivity contribution in [2.75, 3.05) is 26.2 Å². The molecule has 4 aromatic rings. The second-order valence-corrected chi connectivity index (χ2v) is 11.7. The van der Waals surface area contributed by atoms with E-state index < -0.39 is 28.7 Å². The van der Waals surface area contributed by atoms with Crippen LogP contribution in [0.5, 0.6) is 0 Å². The van der Waals surface area contributed by atoms with Crippen LogP contribution in [0.3, 0.4) is 0 Å². The third-order valence-corrected chi connectivity index (χ3v) is 9.30. The van der Waals surface area contributed by atoms with Crippen molar-refractivity contribution in [3.63, 3.8) is 0 Å². The Hall–Kier alpha value is -3.29. The summed E-state index contributed by atoms with van der Waals surface area (Å²) in [5.74, 6) is -0.370. The number of aromatic nitrogens is 4. The maximum absolute atomic E-state index is 13.5. The summed E-state index contributed by atoms with van der Waals surface area (Å²) in [7, 11) is -2.27. The van der Waals surface area contributed by atoms with Crippen molar-refractivity contribution in [2.24, 2.45) is 7.05 Å². The van der Waals surface area contributed by atoms with Gasteiger partial charge in [-0.05, 0) is 61.4 Å². The zero-order valence-electron chi connectivity index (χ0n) is 21.7. The van der Waals surface area contributed by atoms with E-state index in [-0.39, 0.29) is 36.9 Å². The maximum atomic E-state index is 13.5. The van der Waals surface area contributed by atoms with Gasteiger partial charge in [0.25, 0.3) is 0 Å². The third kappa shape index (κ3) is 5.30. The van der Waals surface area contributed by atoms with Gasteiger partial charge in [-0.1, -0.05) is 0 Å². The minimum atomic E-state index is -4.34. The van der Waals surface area contributed by atoms with E-state index in [2.05, 4.69) is 10.2 Å².